The van der Waals surface area contributed by atoms with Crippen molar-refractivity contribution in [2.24, 2.45) is 5.10 Å². The molecule has 2 N–H and O–H groups in total. The zero-order chi connectivity index (χ0) is 19.1. The Labute approximate surface area is 155 Å². The van der Waals surface area contributed by atoms with Gasteiger partial charge in [0.1, 0.15) is 6.61 Å². The molecule has 3 rings (SSSR count). The molecule has 27 heavy (non-hydrogen) atoms. The maximum Gasteiger partial charge on any atom is 0.363 e. The average molecular weight is 365 g/mol. The zero-order valence-corrected chi connectivity index (χ0v) is 15.0. The first-order valence-electron chi connectivity index (χ1n) is 8.22. The molecule has 0 unspecified atom stereocenters. The number of rotatable bonds is 7. The summed E-state index contributed by atoms with van der Waals surface area (Å²) in [4.78, 5) is 14.8. The van der Waals surface area contributed by atoms with Crippen molar-refractivity contribution in [3.8, 4) is 11.5 Å². The molecule has 0 fully saturated rings. The number of hydrazone groups is 1. The number of anilines is 1. The summed E-state index contributed by atoms with van der Waals surface area (Å²) >= 11 is 0. The van der Waals surface area contributed by atoms with Gasteiger partial charge in [-0.1, -0.05) is 35.9 Å². The predicted octanol–water partition coefficient (Wildman–Crippen LogP) is 2.51. The molecule has 0 spiro atoms. The highest BCUT2D eigenvalue weighted by Crippen LogP contribution is 2.30. The molecular weight excluding hydrogens is 346 g/mol. The van der Waals surface area contributed by atoms with Gasteiger partial charge in [-0.25, -0.2) is 9.89 Å². The van der Waals surface area contributed by atoms with Crippen LogP contribution in [0, 0.1) is 6.92 Å². The minimum Gasteiger partial charge on any atom is -0.493 e. The van der Waals surface area contributed by atoms with Crippen molar-refractivity contribution in [1.29, 1.82) is 0 Å². The number of para-hydroxylation sites is 1. The molecular formula is C19H19N5O3. The Morgan fingerprint density at radius 2 is 2.04 bits per heavy atom. The van der Waals surface area contributed by atoms with E-state index in [0.29, 0.717) is 23.7 Å². The fourth-order valence-electron chi connectivity index (χ4n) is 2.32. The Hall–Kier alpha value is -3.68. The second kappa shape index (κ2) is 8.61. The molecule has 0 aliphatic rings. The molecule has 0 atom stereocenters. The summed E-state index contributed by atoms with van der Waals surface area (Å²) in [6.07, 6.45) is 2.93. The van der Waals surface area contributed by atoms with Crippen molar-refractivity contribution in [2.45, 2.75) is 13.5 Å². The van der Waals surface area contributed by atoms with Gasteiger partial charge in [-0.05, 0) is 24.6 Å². The fourth-order valence-corrected chi connectivity index (χ4v) is 2.32. The van der Waals surface area contributed by atoms with Gasteiger partial charge in [0.05, 0.1) is 19.5 Å². The van der Waals surface area contributed by atoms with E-state index in [-0.39, 0.29) is 5.82 Å². The van der Waals surface area contributed by atoms with Crippen molar-refractivity contribution in [1.82, 2.24) is 15.2 Å². The first-order valence-corrected chi connectivity index (χ1v) is 8.22. The molecule has 0 aliphatic carbocycles. The van der Waals surface area contributed by atoms with Crippen LogP contribution < -0.4 is 20.6 Å². The number of nitrogens with one attached hydrogen (secondary N) is 2. The van der Waals surface area contributed by atoms with E-state index < -0.39 is 5.69 Å². The molecule has 0 radical (unpaired) electrons. The fraction of sp³-hybridized carbons (Fsp3) is 0.158. The third-order valence-electron chi connectivity index (χ3n) is 3.68. The van der Waals surface area contributed by atoms with Gasteiger partial charge in [-0.2, -0.15) is 15.2 Å². The molecule has 1 aromatic heterocycles. The third-order valence-corrected chi connectivity index (χ3v) is 3.68. The topological polar surface area (TPSA) is 101 Å². The monoisotopic (exact) mass is 365 g/mol. The van der Waals surface area contributed by atoms with Crippen LogP contribution in [-0.4, -0.2) is 28.5 Å². The smallest absolute Gasteiger partial charge is 0.363 e. The Balaban J connectivity index is 1.77. The van der Waals surface area contributed by atoms with Gasteiger partial charge < -0.3 is 9.47 Å². The van der Waals surface area contributed by atoms with Crippen LogP contribution in [0.2, 0.25) is 0 Å². The number of nitrogens with zero attached hydrogens (tertiary/aromatic N) is 3. The number of methoxy groups -OCH3 is 1. The number of ether oxygens (including phenoxy) is 2. The minimum absolute atomic E-state index is 0.236. The number of hydrogen-bond donors (Lipinski definition) is 2. The quantitative estimate of drug-likeness (QED) is 0.493. The molecule has 0 saturated carbocycles. The summed E-state index contributed by atoms with van der Waals surface area (Å²) in [5, 5.41) is 9.93. The molecule has 8 nitrogen and oxygen atoms in total. The molecule has 8 heteroatoms. The van der Waals surface area contributed by atoms with E-state index in [4.69, 9.17) is 9.47 Å². The van der Waals surface area contributed by atoms with Crippen LogP contribution in [0.4, 0.5) is 5.82 Å². The maximum absolute atomic E-state index is 11.1. The van der Waals surface area contributed by atoms with E-state index in [0.717, 1.165) is 5.56 Å². The standard InChI is InChI=1S/C19H19N5O3/c1-13-6-8-14(9-7-13)12-27-18-15(4-3-5-16(18)26-2)10-20-23-17-11-21-24-19(25)22-17/h3-11H,12H2,1-2H3,(H2,22,23,24,25)/b20-10+. The lowest BCUT2D eigenvalue weighted by Crippen LogP contribution is -2.13. The van der Waals surface area contributed by atoms with Gasteiger partial charge in [0.15, 0.2) is 17.3 Å². The summed E-state index contributed by atoms with van der Waals surface area (Å²) < 4.78 is 11.4. The second-order valence-electron chi connectivity index (χ2n) is 5.70. The highest BCUT2D eigenvalue weighted by atomic mass is 16.5. The van der Waals surface area contributed by atoms with E-state index in [1.165, 1.54) is 11.8 Å². The Kier molecular flexibility index (Phi) is 5.78. The summed E-state index contributed by atoms with van der Waals surface area (Å²) in [6, 6.07) is 13.6. The lowest BCUT2D eigenvalue weighted by atomic mass is 10.1. The molecule has 2 aromatic carbocycles. The maximum atomic E-state index is 11.1. The van der Waals surface area contributed by atoms with E-state index in [1.54, 1.807) is 13.3 Å². The van der Waals surface area contributed by atoms with Crippen molar-refractivity contribution >= 4 is 12.0 Å². The molecule has 3 aromatic rings. The summed E-state index contributed by atoms with van der Waals surface area (Å²) in [5.74, 6) is 1.41. The Morgan fingerprint density at radius 3 is 2.78 bits per heavy atom. The van der Waals surface area contributed by atoms with Gasteiger partial charge in [0, 0.05) is 5.56 Å². The third kappa shape index (κ3) is 4.91. The highest BCUT2D eigenvalue weighted by molar-refractivity contribution is 5.85. The highest BCUT2D eigenvalue weighted by Gasteiger charge is 2.09. The van der Waals surface area contributed by atoms with E-state index in [2.05, 4.69) is 25.7 Å². The van der Waals surface area contributed by atoms with Crippen LogP contribution in [0.3, 0.4) is 0 Å². The first kappa shape index (κ1) is 18.1. The van der Waals surface area contributed by atoms with E-state index >= 15 is 0 Å². The number of H-pyrrole nitrogens is 1. The van der Waals surface area contributed by atoms with Gasteiger partial charge in [-0.3, -0.25) is 5.43 Å². The normalized spacial score (nSPS) is 10.7. The Bertz CT molecular complexity index is 983. The van der Waals surface area contributed by atoms with Crippen LogP contribution in [0.1, 0.15) is 16.7 Å². The van der Waals surface area contributed by atoms with Gasteiger partial charge in [0.2, 0.25) is 0 Å². The molecule has 138 valence electrons. The number of aromatic amines is 1. The summed E-state index contributed by atoms with van der Waals surface area (Å²) in [6.45, 7) is 2.44. The lowest BCUT2D eigenvalue weighted by molar-refractivity contribution is 0.284. The minimum atomic E-state index is -0.557. The van der Waals surface area contributed by atoms with Gasteiger partial charge in [-0.15, -0.1) is 0 Å². The number of benzene rings is 2. The average Bonchev–Trinajstić information content (AvgIpc) is 2.68. The van der Waals surface area contributed by atoms with Crippen molar-refractivity contribution in [2.75, 3.05) is 12.5 Å². The van der Waals surface area contributed by atoms with E-state index in [9.17, 15) is 4.79 Å². The van der Waals surface area contributed by atoms with E-state index in [1.807, 2.05) is 49.4 Å². The number of aryl methyl sites for hydroxylation is 1. The predicted molar refractivity (Wildman–Crippen MR) is 102 cm³/mol. The van der Waals surface area contributed by atoms with Crippen LogP contribution in [0.25, 0.3) is 0 Å². The molecule has 1 heterocycles. The SMILES string of the molecule is COc1cccc(/C=N/Nc2cn[nH]c(=O)n2)c1OCc1ccc(C)cc1. The summed E-state index contributed by atoms with van der Waals surface area (Å²) in [5.41, 5.74) is 5.06. The van der Waals surface area contributed by atoms with Crippen LogP contribution in [0.5, 0.6) is 11.5 Å². The van der Waals surface area contributed by atoms with Crippen molar-refractivity contribution < 1.29 is 9.47 Å². The number of aromatic nitrogens is 3. The van der Waals surface area contributed by atoms with Crippen LogP contribution >= 0.6 is 0 Å². The zero-order valence-electron chi connectivity index (χ0n) is 15.0. The van der Waals surface area contributed by atoms with Gasteiger partial charge >= 0.3 is 5.69 Å². The van der Waals surface area contributed by atoms with Crippen molar-refractivity contribution in [3.05, 3.63) is 75.8 Å². The first-order chi connectivity index (χ1) is 13.2. The summed E-state index contributed by atoms with van der Waals surface area (Å²) in [7, 11) is 1.58. The largest absolute Gasteiger partial charge is 0.493 e. The molecule has 0 amide bonds. The molecule has 0 aliphatic heterocycles. The second-order valence-corrected chi connectivity index (χ2v) is 5.70. The van der Waals surface area contributed by atoms with Gasteiger partial charge in [0.25, 0.3) is 0 Å². The lowest BCUT2D eigenvalue weighted by Gasteiger charge is -2.13. The van der Waals surface area contributed by atoms with Crippen molar-refractivity contribution in [3.63, 3.8) is 0 Å². The van der Waals surface area contributed by atoms with Crippen LogP contribution in [0.15, 0.2) is 58.6 Å². The molecule has 0 bridgehead atoms. The van der Waals surface area contributed by atoms with Crippen LogP contribution in [-0.2, 0) is 6.61 Å². The Morgan fingerprint density at radius 1 is 1.22 bits per heavy atom. The molecule has 0 saturated heterocycles. The number of hydrogen-bond acceptors (Lipinski definition) is 7.